The van der Waals surface area contributed by atoms with Gasteiger partial charge in [0.1, 0.15) is 0 Å². The fraction of sp³-hybridized carbons (Fsp3) is 0.594. The summed E-state index contributed by atoms with van der Waals surface area (Å²) in [5, 5.41) is 0. The van der Waals surface area contributed by atoms with E-state index >= 15 is 0 Å². The molecule has 0 spiro atoms. The predicted molar refractivity (Wildman–Crippen MR) is 156 cm³/mol. The molecule has 190 valence electrons. The van der Waals surface area contributed by atoms with Gasteiger partial charge in [0, 0.05) is 17.3 Å². The van der Waals surface area contributed by atoms with Crippen LogP contribution in [0.15, 0.2) is 48.7 Å². The lowest BCUT2D eigenvalue weighted by Gasteiger charge is -2.38. The maximum atomic E-state index is 4.68. The molecule has 1 heterocycles. The van der Waals surface area contributed by atoms with Crippen LogP contribution in [-0.4, -0.2) is 4.98 Å². The van der Waals surface area contributed by atoms with Crippen molar-refractivity contribution in [3.8, 4) is 0 Å². The largest absolute Gasteiger partial charge is 0.260 e. The molecule has 0 N–H and O–H groups in total. The highest BCUT2D eigenvalue weighted by molar-refractivity contribution is 5.69. The Morgan fingerprint density at radius 1 is 0.545 bits per heavy atom. The fourth-order valence-corrected chi connectivity index (χ4v) is 2.01. The summed E-state index contributed by atoms with van der Waals surface area (Å²) >= 11 is 0. The first-order chi connectivity index (χ1) is 13.8. The van der Waals surface area contributed by atoms with Gasteiger partial charge in [0.05, 0.1) is 0 Å². The zero-order valence-corrected chi connectivity index (χ0v) is 22.7. The molecule has 1 aromatic heterocycles. The molecule has 33 heavy (non-hydrogen) atoms. The first kappa shape index (κ1) is 35.7. The van der Waals surface area contributed by atoms with Crippen molar-refractivity contribution in [2.45, 2.75) is 110 Å². The van der Waals surface area contributed by atoms with E-state index in [0.29, 0.717) is 10.8 Å². The van der Waals surface area contributed by atoms with Crippen molar-refractivity contribution >= 4 is 12.2 Å². The first-order valence-corrected chi connectivity index (χ1v) is 11.5. The molecule has 2 aromatic rings. The summed E-state index contributed by atoms with van der Waals surface area (Å²) in [7, 11) is 0. The van der Waals surface area contributed by atoms with E-state index in [-0.39, 0.29) is 25.7 Å². The molecule has 0 aliphatic rings. The fourth-order valence-electron chi connectivity index (χ4n) is 2.01. The van der Waals surface area contributed by atoms with Crippen molar-refractivity contribution in [3.63, 3.8) is 0 Å². The molecule has 1 nitrogen and oxygen atoms in total. The second-order valence-corrected chi connectivity index (χ2v) is 13.1. The summed E-state index contributed by atoms with van der Waals surface area (Å²) in [4.78, 5) is 4.68. The molecular weight excluding hydrogens is 398 g/mol. The maximum Gasteiger partial charge on any atom is 0.0465 e. The second-order valence-electron chi connectivity index (χ2n) is 13.1. The molecule has 0 unspecified atom stereocenters. The molecular formula is C32H57N. The van der Waals surface area contributed by atoms with Crippen LogP contribution in [0.3, 0.4) is 0 Å². The van der Waals surface area contributed by atoms with Crippen LogP contribution in [-0.2, 0) is 5.41 Å². The smallest absolute Gasteiger partial charge is 0.0465 e. The summed E-state index contributed by atoms with van der Waals surface area (Å²) in [5.74, 6) is 0. The Morgan fingerprint density at radius 3 is 1.27 bits per heavy atom. The van der Waals surface area contributed by atoms with Gasteiger partial charge in [-0.15, -0.1) is 0 Å². The summed E-state index contributed by atoms with van der Waals surface area (Å²) in [6.07, 6.45) is 6.18. The zero-order chi connectivity index (χ0) is 24.5. The standard InChI is InChI=1S/C20H25N.2C5H12.2CH4/c1-19(2,3)20(4,5)18-14-13-17(15-21-18)12-11-16-9-7-6-8-10-16;2*1-5(2,3)4;;/h6-15H,1-5H3;2*1-4H3;2*1H4/b12-11+;;;;. The zero-order valence-electron chi connectivity index (χ0n) is 22.7. The van der Waals surface area contributed by atoms with Crippen LogP contribution in [0.25, 0.3) is 12.2 Å². The Morgan fingerprint density at radius 2 is 0.939 bits per heavy atom. The third kappa shape index (κ3) is 18.2. The highest BCUT2D eigenvalue weighted by atomic mass is 14.7. The first-order valence-electron chi connectivity index (χ1n) is 11.5. The van der Waals surface area contributed by atoms with Gasteiger partial charge in [0.25, 0.3) is 0 Å². The summed E-state index contributed by atoms with van der Waals surface area (Å²) in [6, 6.07) is 14.6. The van der Waals surface area contributed by atoms with E-state index in [4.69, 9.17) is 0 Å². The van der Waals surface area contributed by atoms with Crippen LogP contribution in [0.1, 0.15) is 122 Å². The minimum absolute atomic E-state index is 0. The number of aromatic nitrogens is 1. The third-order valence-corrected chi connectivity index (χ3v) is 4.57. The van der Waals surface area contributed by atoms with E-state index in [1.807, 2.05) is 24.4 Å². The summed E-state index contributed by atoms with van der Waals surface area (Å²) in [6.45, 7) is 28.8. The van der Waals surface area contributed by atoms with Crippen LogP contribution in [0, 0.1) is 16.2 Å². The van der Waals surface area contributed by atoms with Gasteiger partial charge in [-0.1, -0.05) is 153 Å². The van der Waals surface area contributed by atoms with E-state index in [1.165, 1.54) is 5.56 Å². The molecule has 0 atom stereocenters. The van der Waals surface area contributed by atoms with Crippen molar-refractivity contribution in [3.05, 3.63) is 65.5 Å². The molecule has 0 fully saturated rings. The van der Waals surface area contributed by atoms with Gasteiger partial charge in [-0.05, 0) is 33.4 Å². The van der Waals surface area contributed by atoms with E-state index in [9.17, 15) is 0 Å². The highest BCUT2D eigenvalue weighted by Crippen LogP contribution is 2.39. The van der Waals surface area contributed by atoms with Gasteiger partial charge < -0.3 is 0 Å². The van der Waals surface area contributed by atoms with Gasteiger partial charge in [-0.2, -0.15) is 0 Å². The van der Waals surface area contributed by atoms with Crippen LogP contribution >= 0.6 is 0 Å². The normalized spacial score (nSPS) is 11.8. The monoisotopic (exact) mass is 455 g/mol. The number of hydrogen-bond acceptors (Lipinski definition) is 1. The predicted octanol–water partition coefficient (Wildman–Crippen LogP) is 11.0. The Hall–Kier alpha value is -1.89. The van der Waals surface area contributed by atoms with Crippen molar-refractivity contribution in [2.75, 3.05) is 0 Å². The average molecular weight is 456 g/mol. The number of nitrogens with zero attached hydrogens (tertiary/aromatic N) is 1. The molecule has 2 rings (SSSR count). The van der Waals surface area contributed by atoms with Crippen LogP contribution in [0.4, 0.5) is 0 Å². The molecule has 0 saturated carbocycles. The molecule has 0 radical (unpaired) electrons. The Bertz CT molecular complexity index is 734. The maximum absolute atomic E-state index is 4.68. The molecule has 0 aliphatic carbocycles. The molecule has 1 aromatic carbocycles. The second kappa shape index (κ2) is 14.4. The van der Waals surface area contributed by atoms with E-state index < -0.39 is 0 Å². The van der Waals surface area contributed by atoms with Crippen molar-refractivity contribution < 1.29 is 0 Å². The van der Waals surface area contributed by atoms with Gasteiger partial charge in [0.2, 0.25) is 0 Å². The number of rotatable bonds is 3. The van der Waals surface area contributed by atoms with Crippen LogP contribution in [0.2, 0.25) is 0 Å². The quantitative estimate of drug-likeness (QED) is 0.448. The van der Waals surface area contributed by atoms with Crippen molar-refractivity contribution in [1.82, 2.24) is 4.98 Å². The molecule has 0 bridgehead atoms. The highest BCUT2D eigenvalue weighted by Gasteiger charge is 2.35. The Labute approximate surface area is 209 Å². The average Bonchev–Trinajstić information content (AvgIpc) is 2.57. The lowest BCUT2D eigenvalue weighted by atomic mass is 9.67. The van der Waals surface area contributed by atoms with E-state index in [0.717, 1.165) is 11.3 Å². The molecule has 1 heteroatoms. The minimum Gasteiger partial charge on any atom is -0.260 e. The van der Waals surface area contributed by atoms with Gasteiger partial charge in [-0.25, -0.2) is 0 Å². The number of pyridine rings is 1. The molecule has 0 aliphatic heterocycles. The number of hydrogen-bond donors (Lipinski definition) is 0. The minimum atomic E-state index is 0. The topological polar surface area (TPSA) is 12.9 Å². The van der Waals surface area contributed by atoms with E-state index in [2.05, 4.69) is 131 Å². The van der Waals surface area contributed by atoms with Crippen LogP contribution < -0.4 is 0 Å². The SMILES string of the molecule is C.C.CC(C)(C)C.CC(C)(C)C.CC(C)(C)C(C)(C)c1ccc(/C=C/c2ccccc2)cn1. The molecule has 0 amide bonds. The van der Waals surface area contributed by atoms with E-state index in [1.54, 1.807) is 0 Å². The summed E-state index contributed by atoms with van der Waals surface area (Å²) < 4.78 is 0. The Balaban J connectivity index is -0.000000636. The van der Waals surface area contributed by atoms with Gasteiger partial charge in [0.15, 0.2) is 0 Å². The third-order valence-electron chi connectivity index (χ3n) is 4.57. The van der Waals surface area contributed by atoms with Gasteiger partial charge in [-0.3, -0.25) is 4.98 Å². The van der Waals surface area contributed by atoms with Gasteiger partial charge >= 0.3 is 0 Å². The van der Waals surface area contributed by atoms with Crippen LogP contribution in [0.5, 0.6) is 0 Å². The number of benzene rings is 1. The van der Waals surface area contributed by atoms with Crippen molar-refractivity contribution in [2.24, 2.45) is 16.2 Å². The lowest BCUT2D eigenvalue weighted by molar-refractivity contribution is 0.220. The Kier molecular flexibility index (Phi) is 15.6. The molecule has 0 saturated heterocycles. The van der Waals surface area contributed by atoms with Crippen molar-refractivity contribution in [1.29, 1.82) is 0 Å². The lowest BCUT2D eigenvalue weighted by Crippen LogP contribution is -2.34. The summed E-state index contributed by atoms with van der Waals surface area (Å²) in [5.41, 5.74) is 4.71.